The molecule has 0 heterocycles. The average molecular weight is 314 g/mol. The fourth-order valence-electron chi connectivity index (χ4n) is 2.41. The third kappa shape index (κ3) is 3.04. The van der Waals surface area contributed by atoms with Crippen LogP contribution < -0.4 is 10.2 Å². The molecule has 0 atom stereocenters. The van der Waals surface area contributed by atoms with Gasteiger partial charge in [-0.05, 0) is 17.0 Å². The molecule has 3 aromatic carbocycles. The van der Waals surface area contributed by atoms with Crippen molar-refractivity contribution in [2.75, 3.05) is 0 Å². The third-order valence-electron chi connectivity index (χ3n) is 3.55. The smallest absolute Gasteiger partial charge is 0.488 e. The molecule has 0 bridgehead atoms. The first-order valence-corrected chi connectivity index (χ1v) is 7.01. The number of ether oxygens (including phenoxy) is 1. The third-order valence-corrected chi connectivity index (χ3v) is 3.55. The molecule has 0 amide bonds. The van der Waals surface area contributed by atoms with Crippen LogP contribution in [0.5, 0.6) is 5.75 Å². The van der Waals surface area contributed by atoms with E-state index in [0.717, 1.165) is 5.56 Å². The van der Waals surface area contributed by atoms with E-state index in [2.05, 4.69) is 0 Å². The van der Waals surface area contributed by atoms with Gasteiger partial charge < -0.3 is 14.8 Å². The molecule has 0 unspecified atom stereocenters. The largest absolute Gasteiger partial charge is 0.491 e. The first-order chi connectivity index (χ1) is 11.1. The lowest BCUT2D eigenvalue weighted by Gasteiger charge is -2.12. The van der Waals surface area contributed by atoms with Gasteiger partial charge in [-0.2, -0.15) is 0 Å². The number of rotatable bonds is 4. The molecule has 0 saturated carbocycles. The molecular formula is C17H13BF2O3. The van der Waals surface area contributed by atoms with Gasteiger partial charge in [0.2, 0.25) is 0 Å². The predicted molar refractivity (Wildman–Crippen MR) is 84.5 cm³/mol. The maximum atomic E-state index is 14.3. The highest BCUT2D eigenvalue weighted by atomic mass is 19.2. The molecule has 0 aliphatic rings. The van der Waals surface area contributed by atoms with Crippen LogP contribution in [0.1, 0.15) is 5.56 Å². The zero-order chi connectivity index (χ0) is 16.4. The predicted octanol–water partition coefficient (Wildman–Crippen LogP) is 2.38. The highest BCUT2D eigenvalue weighted by Gasteiger charge is 2.23. The van der Waals surface area contributed by atoms with E-state index in [1.54, 1.807) is 18.2 Å². The van der Waals surface area contributed by atoms with Crippen molar-refractivity contribution in [2.24, 2.45) is 0 Å². The number of benzene rings is 3. The summed E-state index contributed by atoms with van der Waals surface area (Å²) >= 11 is 0. The molecule has 3 aromatic rings. The lowest BCUT2D eigenvalue weighted by atomic mass is 9.78. The summed E-state index contributed by atoms with van der Waals surface area (Å²) in [4.78, 5) is 0. The molecule has 0 spiro atoms. The van der Waals surface area contributed by atoms with E-state index in [4.69, 9.17) is 14.8 Å². The molecule has 0 fully saturated rings. The van der Waals surface area contributed by atoms with E-state index in [-0.39, 0.29) is 17.7 Å². The molecular weight excluding hydrogens is 301 g/mol. The molecule has 0 saturated heterocycles. The van der Waals surface area contributed by atoms with Crippen molar-refractivity contribution in [1.29, 1.82) is 0 Å². The summed E-state index contributed by atoms with van der Waals surface area (Å²) in [5.41, 5.74) is 0.392. The van der Waals surface area contributed by atoms with Crippen molar-refractivity contribution in [2.45, 2.75) is 6.61 Å². The van der Waals surface area contributed by atoms with Crippen LogP contribution in [0.15, 0.2) is 54.6 Å². The van der Waals surface area contributed by atoms with Gasteiger partial charge in [-0.1, -0.05) is 48.5 Å². The zero-order valence-electron chi connectivity index (χ0n) is 12.0. The summed E-state index contributed by atoms with van der Waals surface area (Å²) < 4.78 is 33.9. The Bertz CT molecular complexity index is 838. The monoisotopic (exact) mass is 314 g/mol. The first-order valence-electron chi connectivity index (χ1n) is 7.01. The Balaban J connectivity index is 2.03. The van der Waals surface area contributed by atoms with E-state index in [1.807, 2.05) is 30.3 Å². The van der Waals surface area contributed by atoms with Gasteiger partial charge in [0.05, 0.1) is 5.39 Å². The second kappa shape index (κ2) is 6.36. The Hall–Kier alpha value is -2.44. The summed E-state index contributed by atoms with van der Waals surface area (Å²) in [5, 5.41) is 18.6. The van der Waals surface area contributed by atoms with Crippen LogP contribution in [-0.2, 0) is 6.61 Å². The van der Waals surface area contributed by atoms with E-state index in [9.17, 15) is 8.78 Å². The first kappa shape index (κ1) is 15.5. The summed E-state index contributed by atoms with van der Waals surface area (Å²) in [5.74, 6) is -2.25. The van der Waals surface area contributed by atoms with Crippen molar-refractivity contribution in [1.82, 2.24) is 0 Å². The van der Waals surface area contributed by atoms with Crippen molar-refractivity contribution in [3.05, 3.63) is 71.8 Å². The minimum atomic E-state index is -2.08. The summed E-state index contributed by atoms with van der Waals surface area (Å²) in [6, 6.07) is 15.2. The van der Waals surface area contributed by atoms with E-state index >= 15 is 0 Å². The van der Waals surface area contributed by atoms with Gasteiger partial charge in [0.15, 0.2) is 11.6 Å². The minimum absolute atomic E-state index is 0.0228. The van der Waals surface area contributed by atoms with Crippen molar-refractivity contribution < 1.29 is 23.6 Å². The quantitative estimate of drug-likeness (QED) is 0.727. The lowest BCUT2D eigenvalue weighted by Crippen LogP contribution is -2.33. The minimum Gasteiger partial charge on any atom is -0.488 e. The van der Waals surface area contributed by atoms with E-state index < -0.39 is 24.2 Å². The van der Waals surface area contributed by atoms with Gasteiger partial charge in [0.1, 0.15) is 12.4 Å². The molecule has 3 rings (SSSR count). The summed E-state index contributed by atoms with van der Waals surface area (Å²) in [7, 11) is -2.08. The number of fused-ring (bicyclic) bond motifs is 1. The Morgan fingerprint density at radius 3 is 2.35 bits per heavy atom. The number of halogens is 2. The van der Waals surface area contributed by atoms with Crippen molar-refractivity contribution in [3.8, 4) is 5.75 Å². The maximum absolute atomic E-state index is 14.3. The van der Waals surface area contributed by atoms with Crippen LogP contribution in [0, 0.1) is 11.6 Å². The fraction of sp³-hybridized carbons (Fsp3) is 0.0588. The second-order valence-corrected chi connectivity index (χ2v) is 5.10. The normalized spacial score (nSPS) is 10.8. The Labute approximate surface area is 131 Å². The van der Waals surface area contributed by atoms with Crippen LogP contribution in [0.2, 0.25) is 0 Å². The number of hydrogen-bond acceptors (Lipinski definition) is 3. The number of hydrogen-bond donors (Lipinski definition) is 2. The van der Waals surface area contributed by atoms with Crippen molar-refractivity contribution >= 4 is 23.4 Å². The van der Waals surface area contributed by atoms with Gasteiger partial charge in [-0.15, -0.1) is 0 Å². The van der Waals surface area contributed by atoms with Gasteiger partial charge in [0, 0.05) is 5.46 Å². The van der Waals surface area contributed by atoms with Crippen LogP contribution in [0.4, 0.5) is 8.78 Å². The highest BCUT2D eigenvalue weighted by molar-refractivity contribution is 6.59. The zero-order valence-corrected chi connectivity index (χ0v) is 12.0. The SMILES string of the molecule is OB(O)c1cc2cccc(OCc3ccccc3)c2c(F)c1F. The van der Waals surface area contributed by atoms with Gasteiger partial charge in [-0.3, -0.25) is 0 Å². The topological polar surface area (TPSA) is 49.7 Å². The molecule has 0 aromatic heterocycles. The van der Waals surface area contributed by atoms with E-state index in [1.165, 1.54) is 6.07 Å². The Kier molecular flexibility index (Phi) is 4.27. The van der Waals surface area contributed by atoms with Gasteiger partial charge >= 0.3 is 7.12 Å². The van der Waals surface area contributed by atoms with Crippen LogP contribution in [0.25, 0.3) is 10.8 Å². The molecule has 6 heteroatoms. The lowest BCUT2D eigenvalue weighted by molar-refractivity contribution is 0.309. The van der Waals surface area contributed by atoms with E-state index in [0.29, 0.717) is 5.39 Å². The standard InChI is InChI=1S/C17H13BF2O3/c19-16-13(18(21)22)9-12-7-4-8-14(15(12)17(16)20)23-10-11-5-2-1-3-6-11/h1-9,21-22H,10H2. The molecule has 2 N–H and O–H groups in total. The van der Waals surface area contributed by atoms with Crippen LogP contribution >= 0.6 is 0 Å². The molecule has 0 aliphatic carbocycles. The summed E-state index contributed by atoms with van der Waals surface area (Å²) in [6.45, 7) is 0.214. The molecule has 3 nitrogen and oxygen atoms in total. The summed E-state index contributed by atoms with van der Waals surface area (Å²) in [6.07, 6.45) is 0. The van der Waals surface area contributed by atoms with Crippen LogP contribution in [0.3, 0.4) is 0 Å². The Morgan fingerprint density at radius 1 is 0.913 bits per heavy atom. The average Bonchev–Trinajstić information content (AvgIpc) is 2.56. The second-order valence-electron chi connectivity index (χ2n) is 5.10. The molecule has 23 heavy (non-hydrogen) atoms. The molecule has 0 aliphatic heterocycles. The van der Waals surface area contributed by atoms with Crippen LogP contribution in [-0.4, -0.2) is 17.2 Å². The van der Waals surface area contributed by atoms with Gasteiger partial charge in [-0.25, -0.2) is 8.78 Å². The van der Waals surface area contributed by atoms with Gasteiger partial charge in [0.25, 0.3) is 0 Å². The Morgan fingerprint density at radius 2 is 1.65 bits per heavy atom. The molecule has 0 radical (unpaired) electrons. The highest BCUT2D eigenvalue weighted by Crippen LogP contribution is 2.29. The van der Waals surface area contributed by atoms with Crippen molar-refractivity contribution in [3.63, 3.8) is 0 Å². The fourth-order valence-corrected chi connectivity index (χ4v) is 2.41. The molecule has 116 valence electrons. The maximum Gasteiger partial charge on any atom is 0.491 e.